The van der Waals surface area contributed by atoms with Gasteiger partial charge in [0.15, 0.2) is 11.6 Å². The van der Waals surface area contributed by atoms with Gasteiger partial charge in [0.2, 0.25) is 11.8 Å². The number of alkyl carbamates (subject to hydrolysis) is 2. The number of amides is 4. The van der Waals surface area contributed by atoms with Crippen LogP contribution in [0.2, 0.25) is 0 Å². The number of carbonyl (C=O) groups excluding carboxylic acids is 4. The van der Waals surface area contributed by atoms with Crippen LogP contribution in [0, 0.1) is 46.9 Å². The number of imidazole rings is 2. The fourth-order valence-corrected chi connectivity index (χ4v) is 16.6. The Balaban J connectivity index is 0.851. The van der Waals surface area contributed by atoms with Crippen LogP contribution in [0.4, 0.5) is 38.5 Å². The van der Waals surface area contributed by atoms with Crippen molar-refractivity contribution in [3.63, 3.8) is 0 Å². The summed E-state index contributed by atoms with van der Waals surface area (Å²) in [6, 6.07) is 4.56. The molecule has 20 heteroatoms. The normalized spacial score (nSPS) is 27.6. The van der Waals surface area contributed by atoms with E-state index in [4.69, 9.17) is 19.4 Å². The summed E-state index contributed by atoms with van der Waals surface area (Å²) >= 11 is 0. The van der Waals surface area contributed by atoms with Crippen molar-refractivity contribution in [2.45, 2.75) is 183 Å². The molecule has 5 aromatic rings. The lowest BCUT2D eigenvalue weighted by Crippen LogP contribution is -2.53. The van der Waals surface area contributed by atoms with E-state index in [0.717, 1.165) is 109 Å². The first-order chi connectivity index (χ1) is 39.3. The molecule has 8 aliphatic rings. The maximum absolute atomic E-state index is 17.2. The molecule has 10 atom stereocenters. The van der Waals surface area contributed by atoms with Gasteiger partial charge in [0.1, 0.15) is 41.1 Å². The van der Waals surface area contributed by atoms with Gasteiger partial charge in [-0.2, -0.15) is 0 Å². The first-order valence-corrected chi connectivity index (χ1v) is 30.1. The number of fused-ring (bicyclic) bond motifs is 4. The Bertz CT molecular complexity index is 3030. The summed E-state index contributed by atoms with van der Waals surface area (Å²) in [7, 11) is 2.59. The standard InChI is InChI=1S/C61H74F4N10O6/c1-80-60(78)70-53(32-12-4-5-13-32)58(76)74-47-18-10-16-34(47)24-51(74)56-66-43-28-37(39(62)30-45(43)68-56)49-20-21-50(73(49)36-26-41(64)55(42(65)27-36)72-22-8-3-9-23-72)38-29-44-46(31-40(38)63)69-57(67-44)52-25-35-17-11-19-48(35)75(52)59(77)54(71-61(79)81-2)33-14-6-7-15-33/h26-35,47-54H,3-25H2,1-2H3,(H,66,68)(H,67,69)(H,70,78)(H,71,79)/t34-,35-,47-,48-,49+,50+,51-,52-,53-,54-/m0/s1. The molecule has 2 aromatic heterocycles. The van der Waals surface area contributed by atoms with Gasteiger partial charge in [0.05, 0.1) is 60.5 Å². The third-order valence-electron chi connectivity index (χ3n) is 20.3. The monoisotopic (exact) mass is 1120 g/mol. The molecule has 13 rings (SSSR count). The van der Waals surface area contributed by atoms with Gasteiger partial charge in [-0.05, 0) is 144 Å². The van der Waals surface area contributed by atoms with E-state index in [-0.39, 0.29) is 70.1 Å². The number of aromatic nitrogens is 4. The smallest absolute Gasteiger partial charge is 0.407 e. The van der Waals surface area contributed by atoms with Gasteiger partial charge in [0, 0.05) is 54.1 Å². The fraction of sp³-hybridized carbons (Fsp3) is 0.607. The minimum absolute atomic E-state index is 0.0310. The van der Waals surface area contributed by atoms with E-state index in [2.05, 4.69) is 20.6 Å². The van der Waals surface area contributed by atoms with Gasteiger partial charge >= 0.3 is 12.2 Å². The van der Waals surface area contributed by atoms with Crippen molar-refractivity contribution in [3.8, 4) is 0 Å². The van der Waals surface area contributed by atoms with E-state index >= 15 is 17.6 Å². The number of anilines is 2. The molecular formula is C61H74F4N10O6. The molecule has 4 aliphatic heterocycles. The number of ether oxygens (including phenoxy) is 2. The molecule has 0 spiro atoms. The Morgan fingerprint density at radius 2 is 0.975 bits per heavy atom. The Kier molecular flexibility index (Phi) is 14.5. The van der Waals surface area contributed by atoms with Gasteiger partial charge in [-0.3, -0.25) is 9.59 Å². The van der Waals surface area contributed by atoms with E-state index in [0.29, 0.717) is 72.5 Å². The quantitative estimate of drug-likeness (QED) is 0.0878. The SMILES string of the molecule is COC(=O)N[C@H](C(=O)N1[C@H](c2nc3cc(F)c([C@H]4CC[C@H](c5cc6[nH]c([C@@H]7C[C@@H]8CCC[C@@H]8N7C(=O)[C@@H](NC(=O)OC)C7CCCC7)nc6cc5F)N4c4cc(F)c(N5CCCCC5)c(F)c4)cc3[nH]2)C[C@@H]2CCC[C@@H]21)C1CCCC1. The number of piperidine rings is 1. The zero-order chi connectivity index (χ0) is 55.8. The zero-order valence-corrected chi connectivity index (χ0v) is 46.3. The average molecular weight is 1120 g/mol. The van der Waals surface area contributed by atoms with Crippen LogP contribution in [0.1, 0.15) is 182 Å². The molecule has 81 heavy (non-hydrogen) atoms. The predicted octanol–water partition coefficient (Wildman–Crippen LogP) is 11.8. The lowest BCUT2D eigenvalue weighted by atomic mass is 9.96. The Labute approximate surface area is 468 Å². The molecule has 4 saturated heterocycles. The fourth-order valence-electron chi connectivity index (χ4n) is 16.6. The Morgan fingerprint density at radius 3 is 1.41 bits per heavy atom. The van der Waals surface area contributed by atoms with Crippen molar-refractivity contribution >= 4 is 57.4 Å². The van der Waals surface area contributed by atoms with Crippen LogP contribution in [0.25, 0.3) is 22.1 Å². The minimum atomic E-state index is -0.817. The molecule has 8 fully saturated rings. The maximum Gasteiger partial charge on any atom is 0.407 e. The van der Waals surface area contributed by atoms with Gasteiger partial charge in [-0.15, -0.1) is 0 Å². The van der Waals surface area contributed by atoms with Crippen molar-refractivity contribution in [3.05, 3.63) is 82.4 Å². The van der Waals surface area contributed by atoms with Crippen molar-refractivity contribution < 1.29 is 46.2 Å². The van der Waals surface area contributed by atoms with Crippen LogP contribution < -0.4 is 20.4 Å². The van der Waals surface area contributed by atoms with Crippen molar-refractivity contribution in [2.75, 3.05) is 37.1 Å². The number of benzene rings is 3. The van der Waals surface area contributed by atoms with Gasteiger partial charge in [-0.1, -0.05) is 38.5 Å². The van der Waals surface area contributed by atoms with E-state index < -0.39 is 71.7 Å². The topological polar surface area (TPSA) is 181 Å². The average Bonchev–Trinajstić information content (AvgIpc) is 4.37. The summed E-state index contributed by atoms with van der Waals surface area (Å²) in [5.74, 6) is -1.58. The van der Waals surface area contributed by atoms with Crippen LogP contribution in [-0.2, 0) is 19.1 Å². The number of rotatable bonds is 12. The first kappa shape index (κ1) is 53.7. The molecule has 4 amide bonds. The van der Waals surface area contributed by atoms with Gasteiger partial charge in [0.25, 0.3) is 0 Å². The maximum atomic E-state index is 17.2. The van der Waals surface area contributed by atoms with E-state index in [9.17, 15) is 19.2 Å². The first-order valence-electron chi connectivity index (χ1n) is 30.1. The van der Waals surface area contributed by atoms with Crippen LogP contribution >= 0.6 is 0 Å². The summed E-state index contributed by atoms with van der Waals surface area (Å²) in [6.07, 6.45) is 15.8. The Morgan fingerprint density at radius 1 is 0.531 bits per heavy atom. The van der Waals surface area contributed by atoms with Crippen LogP contribution in [0.3, 0.4) is 0 Å². The molecule has 3 aromatic carbocycles. The summed E-state index contributed by atoms with van der Waals surface area (Å²) in [5, 5.41) is 5.76. The molecule has 4 saturated carbocycles. The van der Waals surface area contributed by atoms with Crippen molar-refractivity contribution in [2.24, 2.45) is 23.7 Å². The van der Waals surface area contributed by atoms with E-state index in [1.165, 1.54) is 38.5 Å². The molecule has 432 valence electrons. The van der Waals surface area contributed by atoms with Crippen LogP contribution in [-0.4, -0.2) is 105 Å². The second kappa shape index (κ2) is 21.9. The third-order valence-corrected chi connectivity index (χ3v) is 20.3. The summed E-state index contributed by atoms with van der Waals surface area (Å²) in [5.41, 5.74) is 2.24. The largest absolute Gasteiger partial charge is 0.453 e. The van der Waals surface area contributed by atoms with E-state index in [1.807, 2.05) is 9.80 Å². The van der Waals surface area contributed by atoms with Gasteiger partial charge < -0.3 is 49.7 Å². The molecule has 4 aliphatic carbocycles. The van der Waals surface area contributed by atoms with E-state index in [1.54, 1.807) is 21.9 Å². The number of likely N-dealkylation sites (tertiary alicyclic amines) is 2. The number of carbonyl (C=O) groups is 4. The summed E-state index contributed by atoms with van der Waals surface area (Å²) < 4.78 is 77.7. The highest BCUT2D eigenvalue weighted by atomic mass is 19.1. The molecule has 6 heterocycles. The number of nitrogens with zero attached hydrogens (tertiary/aromatic N) is 6. The highest BCUT2D eigenvalue weighted by Gasteiger charge is 2.52. The number of H-pyrrole nitrogens is 2. The number of hydrogen-bond acceptors (Lipinski definition) is 10. The highest BCUT2D eigenvalue weighted by molar-refractivity contribution is 5.88. The molecule has 0 unspecified atom stereocenters. The van der Waals surface area contributed by atoms with Gasteiger partial charge in [-0.25, -0.2) is 37.1 Å². The lowest BCUT2D eigenvalue weighted by Gasteiger charge is -2.35. The van der Waals surface area contributed by atoms with Crippen LogP contribution in [0.15, 0.2) is 36.4 Å². The lowest BCUT2D eigenvalue weighted by molar-refractivity contribution is -0.139. The predicted molar refractivity (Wildman–Crippen MR) is 295 cm³/mol. The highest BCUT2D eigenvalue weighted by Crippen LogP contribution is 2.53. The Hall–Kier alpha value is -6.60. The molecule has 16 nitrogen and oxygen atoms in total. The second-order valence-corrected chi connectivity index (χ2v) is 24.7. The minimum Gasteiger partial charge on any atom is -0.453 e. The zero-order valence-electron chi connectivity index (χ0n) is 46.3. The van der Waals surface area contributed by atoms with Crippen LogP contribution in [0.5, 0.6) is 0 Å². The number of hydrogen-bond donors (Lipinski definition) is 4. The number of nitrogens with one attached hydrogen (secondary N) is 4. The summed E-state index contributed by atoms with van der Waals surface area (Å²) in [4.78, 5) is 79.3. The third kappa shape index (κ3) is 9.70. The molecule has 0 radical (unpaired) electrons. The van der Waals surface area contributed by atoms with Crippen molar-refractivity contribution in [1.82, 2.24) is 40.4 Å². The van der Waals surface area contributed by atoms with Crippen molar-refractivity contribution in [1.29, 1.82) is 0 Å². The molecular weight excluding hydrogens is 1040 g/mol. The number of halogens is 4. The molecule has 0 bridgehead atoms. The summed E-state index contributed by atoms with van der Waals surface area (Å²) in [6.45, 7) is 1.02. The molecule has 4 N–H and O–H groups in total. The number of methoxy groups -OCH3 is 2. The number of aromatic amines is 2. The second-order valence-electron chi connectivity index (χ2n) is 24.7.